The van der Waals surface area contributed by atoms with Crippen molar-refractivity contribution in [3.8, 4) is 0 Å². The van der Waals surface area contributed by atoms with Crippen LogP contribution >= 0.6 is 0 Å². The minimum Gasteiger partial charge on any atom is -0.397 e. The fourth-order valence-electron chi connectivity index (χ4n) is 2.16. The van der Waals surface area contributed by atoms with Crippen LogP contribution in [0.25, 0.3) is 4.72 Å². The second-order valence-corrected chi connectivity index (χ2v) is 7.18. The quantitative estimate of drug-likeness (QED) is 0.255. The zero-order valence-corrected chi connectivity index (χ0v) is 17.4. The van der Waals surface area contributed by atoms with Gasteiger partial charge in [0.2, 0.25) is 10.0 Å². The van der Waals surface area contributed by atoms with Gasteiger partial charge in [-0.05, 0) is 54.9 Å². The van der Waals surface area contributed by atoms with Crippen LogP contribution in [0.15, 0.2) is 76.0 Å². The first-order valence-corrected chi connectivity index (χ1v) is 9.50. The first-order chi connectivity index (χ1) is 13.8. The predicted molar refractivity (Wildman–Crippen MR) is 107 cm³/mol. The summed E-state index contributed by atoms with van der Waals surface area (Å²) in [5, 5.41) is 10.4. The molecule has 0 fully saturated rings. The number of primary amides is 1. The smallest absolute Gasteiger partial charge is 0.397 e. The van der Waals surface area contributed by atoms with Gasteiger partial charge in [0.05, 0.1) is 16.3 Å². The summed E-state index contributed by atoms with van der Waals surface area (Å²) in [6.45, 7) is 0. The zero-order valence-electron chi connectivity index (χ0n) is 15.1. The molecule has 0 radical (unpaired) electrons. The minimum atomic E-state index is -3.96. The van der Waals surface area contributed by atoms with Gasteiger partial charge in [0.15, 0.2) is 0 Å². The molecule has 30 heavy (non-hydrogen) atoms. The Morgan fingerprint density at radius 1 is 1.03 bits per heavy atom. The predicted octanol–water partition coefficient (Wildman–Crippen LogP) is 3.36. The number of aromatic nitrogens is 2. The number of nitrogen functional groups attached to an aromatic ring is 1. The van der Waals surface area contributed by atoms with Crippen molar-refractivity contribution < 1.29 is 35.6 Å². The molecule has 1 aromatic heterocycles. The standard InChI is InChI=1S/C17H16N8O3S.Ag/c18-14-10-12(22-16(19)26)4-7-15(14)24-23-11-2-5-13(6-3-11)29(27,28)25-17-20-8-1-9-21-17;/h1-10H,(H6,18,19,20,21,22,23,25,26);/q;+1/p-1. The van der Waals surface area contributed by atoms with Crippen molar-refractivity contribution in [1.29, 1.82) is 0 Å². The van der Waals surface area contributed by atoms with E-state index >= 15 is 0 Å². The van der Waals surface area contributed by atoms with Crippen molar-refractivity contribution in [1.82, 2.24) is 9.97 Å². The number of nitrogens with one attached hydrogen (secondary N) is 1. The zero-order chi connectivity index (χ0) is 20.9. The maximum atomic E-state index is 12.3. The van der Waals surface area contributed by atoms with E-state index in [1.807, 2.05) is 0 Å². The Bertz CT molecular complexity index is 1160. The van der Waals surface area contributed by atoms with E-state index in [-0.39, 0.29) is 38.9 Å². The third kappa shape index (κ3) is 6.09. The number of urea groups is 1. The number of azo groups is 1. The van der Waals surface area contributed by atoms with Gasteiger partial charge in [-0.25, -0.2) is 13.2 Å². The molecule has 13 heteroatoms. The van der Waals surface area contributed by atoms with Gasteiger partial charge in [0.1, 0.15) is 5.69 Å². The number of amides is 2. The van der Waals surface area contributed by atoms with Gasteiger partial charge in [-0.1, -0.05) is 6.07 Å². The third-order valence-corrected chi connectivity index (χ3v) is 4.73. The van der Waals surface area contributed by atoms with Crippen molar-refractivity contribution >= 4 is 44.8 Å². The van der Waals surface area contributed by atoms with Gasteiger partial charge in [-0.3, -0.25) is 4.72 Å². The molecule has 5 N–H and O–H groups in total. The van der Waals surface area contributed by atoms with Gasteiger partial charge >= 0.3 is 28.4 Å². The molecule has 0 saturated heterocycles. The summed E-state index contributed by atoms with van der Waals surface area (Å²) in [5.41, 5.74) is 12.4. The normalized spacial score (nSPS) is 10.9. The topological polar surface area (TPSA) is 180 Å². The maximum absolute atomic E-state index is 12.3. The molecule has 2 amide bonds. The molecule has 0 unspecified atom stereocenters. The number of carbonyl (C=O) groups is 1. The van der Waals surface area contributed by atoms with E-state index in [4.69, 9.17) is 11.5 Å². The van der Waals surface area contributed by atoms with Crippen LogP contribution in [-0.2, 0) is 32.4 Å². The average molecular weight is 519 g/mol. The Morgan fingerprint density at radius 2 is 1.70 bits per heavy atom. The summed E-state index contributed by atoms with van der Waals surface area (Å²) in [7, 11) is -3.96. The summed E-state index contributed by atoms with van der Waals surface area (Å²) in [6.07, 6.45) is 2.79. The van der Waals surface area contributed by atoms with Crippen LogP contribution in [0.4, 0.5) is 33.5 Å². The van der Waals surface area contributed by atoms with Crippen molar-refractivity contribution in [2.24, 2.45) is 16.0 Å². The monoisotopic (exact) mass is 518 g/mol. The van der Waals surface area contributed by atoms with Crippen molar-refractivity contribution in [2.75, 3.05) is 11.1 Å². The van der Waals surface area contributed by atoms with Crippen molar-refractivity contribution in [3.63, 3.8) is 0 Å². The van der Waals surface area contributed by atoms with Gasteiger partial charge < -0.3 is 26.8 Å². The largest absolute Gasteiger partial charge is 1.00 e. The molecule has 0 aliphatic heterocycles. The Morgan fingerprint density at radius 3 is 2.30 bits per heavy atom. The molecular weight excluding hydrogens is 504 g/mol. The summed E-state index contributed by atoms with van der Waals surface area (Å²) in [6, 6.07) is 11.1. The molecule has 158 valence electrons. The van der Waals surface area contributed by atoms with Gasteiger partial charge in [0, 0.05) is 11.6 Å². The van der Waals surface area contributed by atoms with E-state index in [9.17, 15) is 13.2 Å². The average Bonchev–Trinajstić information content (AvgIpc) is 2.68. The number of anilines is 2. The number of nitrogens with zero attached hydrogens (tertiary/aromatic N) is 5. The van der Waals surface area contributed by atoms with E-state index < -0.39 is 16.1 Å². The molecule has 3 aromatic rings. The Labute approximate surface area is 187 Å². The Kier molecular flexibility index (Phi) is 7.60. The minimum absolute atomic E-state index is 0. The number of nitrogens with two attached hydrogens (primary N) is 2. The molecule has 0 aliphatic rings. The molecule has 0 spiro atoms. The van der Waals surface area contributed by atoms with Crippen LogP contribution in [0.3, 0.4) is 0 Å². The van der Waals surface area contributed by atoms with E-state index in [1.54, 1.807) is 18.2 Å². The molecular formula is C17H15AgN8O3S. The number of hydrogen-bond acceptors (Lipinski definition) is 8. The van der Waals surface area contributed by atoms with E-state index in [1.165, 1.54) is 42.7 Å². The number of benzene rings is 2. The van der Waals surface area contributed by atoms with Crippen LogP contribution in [0.2, 0.25) is 0 Å². The molecule has 3 rings (SSSR count). The Balaban J connectivity index is 0.00000320. The summed E-state index contributed by atoms with van der Waals surface area (Å²) in [4.78, 5) is 18.3. The van der Waals surface area contributed by atoms with Crippen LogP contribution in [0.5, 0.6) is 0 Å². The molecule has 0 bridgehead atoms. The fourth-order valence-corrected chi connectivity index (χ4v) is 3.06. The van der Waals surface area contributed by atoms with Gasteiger partial charge in [-0.15, -0.1) is 5.11 Å². The van der Waals surface area contributed by atoms with Crippen molar-refractivity contribution in [3.05, 3.63) is 65.6 Å². The summed E-state index contributed by atoms with van der Waals surface area (Å²) in [5.74, 6) is -0.152. The molecule has 0 atom stereocenters. The molecule has 1 heterocycles. The van der Waals surface area contributed by atoms with Crippen LogP contribution < -0.4 is 16.8 Å². The second kappa shape index (κ2) is 9.93. The number of sulfonamides is 1. The number of carbonyl (C=O) groups excluding carboxylic acids is 1. The van der Waals surface area contributed by atoms with E-state index in [2.05, 4.69) is 30.2 Å². The summed E-state index contributed by atoms with van der Waals surface area (Å²) >= 11 is 0. The SMILES string of the molecule is NC(=O)Nc1ccc(N=Nc2ccc(S(=O)(=O)[N-]c3ncccn3)cc2)c(N)c1.[Ag+]. The number of rotatable bonds is 6. The second-order valence-electron chi connectivity index (χ2n) is 5.57. The third-order valence-electron chi connectivity index (χ3n) is 3.46. The van der Waals surface area contributed by atoms with Crippen LogP contribution in [0.1, 0.15) is 0 Å². The molecule has 0 saturated carbocycles. The van der Waals surface area contributed by atoms with Gasteiger partial charge in [0.25, 0.3) is 0 Å². The fraction of sp³-hybridized carbons (Fsp3) is 0. The Hall–Kier alpha value is -3.32. The molecule has 0 aliphatic carbocycles. The first-order valence-electron chi connectivity index (χ1n) is 8.06. The van der Waals surface area contributed by atoms with Gasteiger partial charge in [-0.2, -0.15) is 5.11 Å². The molecule has 2 aromatic carbocycles. The van der Waals surface area contributed by atoms with Crippen molar-refractivity contribution in [2.45, 2.75) is 4.90 Å². The van der Waals surface area contributed by atoms with E-state index in [0.717, 1.165) is 0 Å². The summed E-state index contributed by atoms with van der Waals surface area (Å²) < 4.78 is 28.1. The molecule has 11 nitrogen and oxygen atoms in total. The number of hydrogen-bond donors (Lipinski definition) is 3. The van der Waals surface area contributed by atoms with Crippen LogP contribution in [-0.4, -0.2) is 24.4 Å². The van der Waals surface area contributed by atoms with Crippen LogP contribution in [0, 0.1) is 0 Å². The first kappa shape index (κ1) is 23.0. The maximum Gasteiger partial charge on any atom is 1.00 e. The van der Waals surface area contributed by atoms with E-state index in [0.29, 0.717) is 17.1 Å².